The third kappa shape index (κ3) is 5.12. The molecule has 0 spiro atoms. The number of hydrogen-bond donors (Lipinski definition) is 2. The molecule has 3 rings (SSSR count). The summed E-state index contributed by atoms with van der Waals surface area (Å²) in [7, 11) is 0. The van der Waals surface area contributed by atoms with Crippen LogP contribution >= 0.6 is 0 Å². The molecular formula is C22H27F3N4O3. The van der Waals surface area contributed by atoms with Crippen molar-refractivity contribution in [2.24, 2.45) is 5.41 Å². The number of halogens is 3. The van der Waals surface area contributed by atoms with Gasteiger partial charge in [0.05, 0.1) is 12.3 Å². The standard InChI is InChI=1S/C22H27F3N4O3/c1-22(2,3)18(21(31)26-8-7-23)28-20(30)17-16-12-32-10-4-9-29(16)19(27-17)13-5-6-14(24)15(25)11-13/h5-6,11,18H,4,7-10,12H2,1-3H3,(H,26,31)(H,28,30)/t18-/m1/s1. The number of nitrogens with zero attached hydrogens (tertiary/aromatic N) is 2. The van der Waals surface area contributed by atoms with Crippen LogP contribution in [-0.2, 0) is 22.7 Å². The van der Waals surface area contributed by atoms with Crippen LogP contribution in [0.3, 0.4) is 0 Å². The Morgan fingerprint density at radius 3 is 2.66 bits per heavy atom. The zero-order valence-corrected chi connectivity index (χ0v) is 18.3. The monoisotopic (exact) mass is 452 g/mol. The van der Waals surface area contributed by atoms with E-state index in [4.69, 9.17) is 4.74 Å². The summed E-state index contributed by atoms with van der Waals surface area (Å²) in [4.78, 5) is 30.2. The van der Waals surface area contributed by atoms with Crippen molar-refractivity contribution in [1.82, 2.24) is 20.2 Å². The Morgan fingerprint density at radius 2 is 2.00 bits per heavy atom. The van der Waals surface area contributed by atoms with Crippen molar-refractivity contribution in [3.05, 3.63) is 41.2 Å². The van der Waals surface area contributed by atoms with Crippen molar-refractivity contribution in [2.75, 3.05) is 19.8 Å². The molecule has 0 saturated heterocycles. The van der Waals surface area contributed by atoms with Gasteiger partial charge >= 0.3 is 0 Å². The number of carbonyl (C=O) groups excluding carboxylic acids is 2. The molecule has 1 aliphatic heterocycles. The topological polar surface area (TPSA) is 85.2 Å². The average Bonchev–Trinajstić information content (AvgIpc) is 2.92. The summed E-state index contributed by atoms with van der Waals surface area (Å²) < 4.78 is 47.1. The minimum absolute atomic E-state index is 0.0409. The second-order valence-electron chi connectivity index (χ2n) is 8.67. The van der Waals surface area contributed by atoms with Crippen molar-refractivity contribution < 1.29 is 27.5 Å². The van der Waals surface area contributed by atoms with Gasteiger partial charge in [-0.1, -0.05) is 20.8 Å². The van der Waals surface area contributed by atoms with Crippen LogP contribution in [0, 0.1) is 17.0 Å². The fraction of sp³-hybridized carbons (Fsp3) is 0.500. The molecule has 0 aliphatic carbocycles. The van der Waals surface area contributed by atoms with Crippen molar-refractivity contribution >= 4 is 11.8 Å². The third-order valence-electron chi connectivity index (χ3n) is 5.17. The molecule has 2 aromatic rings. The van der Waals surface area contributed by atoms with Crippen molar-refractivity contribution in [3.8, 4) is 11.4 Å². The Balaban J connectivity index is 1.99. The lowest BCUT2D eigenvalue weighted by molar-refractivity contribution is -0.125. The first-order chi connectivity index (χ1) is 15.1. The first-order valence-electron chi connectivity index (χ1n) is 10.4. The van der Waals surface area contributed by atoms with E-state index in [0.29, 0.717) is 36.7 Å². The Labute approximate surface area is 184 Å². The van der Waals surface area contributed by atoms with Crippen LogP contribution in [0.25, 0.3) is 11.4 Å². The molecule has 1 aromatic carbocycles. The summed E-state index contributed by atoms with van der Waals surface area (Å²) >= 11 is 0. The van der Waals surface area contributed by atoms with Gasteiger partial charge in [0.1, 0.15) is 18.5 Å². The summed E-state index contributed by atoms with van der Waals surface area (Å²) in [6, 6.07) is 2.48. The summed E-state index contributed by atoms with van der Waals surface area (Å²) in [6.07, 6.45) is 0.650. The van der Waals surface area contributed by atoms with Crippen LogP contribution in [0.2, 0.25) is 0 Å². The fourth-order valence-electron chi connectivity index (χ4n) is 3.55. The number of fused-ring (bicyclic) bond motifs is 1. The van der Waals surface area contributed by atoms with Gasteiger partial charge < -0.3 is 19.9 Å². The number of amides is 2. The maximum Gasteiger partial charge on any atom is 0.272 e. The van der Waals surface area contributed by atoms with E-state index in [1.165, 1.54) is 6.07 Å². The first-order valence-corrected chi connectivity index (χ1v) is 10.4. The summed E-state index contributed by atoms with van der Waals surface area (Å²) in [5, 5.41) is 5.15. The van der Waals surface area contributed by atoms with E-state index in [9.17, 15) is 22.8 Å². The number of benzene rings is 1. The van der Waals surface area contributed by atoms with Gasteiger partial charge in [-0.15, -0.1) is 0 Å². The van der Waals surface area contributed by atoms with Gasteiger partial charge in [-0.2, -0.15) is 0 Å². The molecule has 0 radical (unpaired) electrons. The molecule has 1 aromatic heterocycles. The molecule has 1 aliphatic rings. The molecule has 10 heteroatoms. The molecular weight excluding hydrogens is 425 g/mol. The van der Waals surface area contributed by atoms with Gasteiger partial charge in [0.2, 0.25) is 5.91 Å². The van der Waals surface area contributed by atoms with Gasteiger partial charge in [-0.05, 0) is 30.0 Å². The Hall–Kier alpha value is -2.88. The maximum absolute atomic E-state index is 13.8. The highest BCUT2D eigenvalue weighted by Gasteiger charge is 2.35. The number of imidazole rings is 1. The lowest BCUT2D eigenvalue weighted by Gasteiger charge is -2.30. The van der Waals surface area contributed by atoms with Gasteiger partial charge in [-0.25, -0.2) is 18.2 Å². The van der Waals surface area contributed by atoms with Gasteiger partial charge in [0, 0.05) is 25.3 Å². The molecule has 174 valence electrons. The minimum Gasteiger partial charge on any atom is -0.375 e. The average molecular weight is 452 g/mol. The lowest BCUT2D eigenvalue weighted by atomic mass is 9.86. The molecule has 7 nitrogen and oxygen atoms in total. The predicted octanol–water partition coefficient (Wildman–Crippen LogP) is 2.98. The molecule has 2 N–H and O–H groups in total. The quantitative estimate of drug-likeness (QED) is 0.706. The molecule has 2 amide bonds. The van der Waals surface area contributed by atoms with Crippen molar-refractivity contribution in [3.63, 3.8) is 0 Å². The molecule has 0 fully saturated rings. The first kappa shape index (κ1) is 23.8. The number of ether oxygens (including phenoxy) is 1. The zero-order valence-electron chi connectivity index (χ0n) is 18.3. The molecule has 0 bridgehead atoms. The minimum atomic E-state index is -1.02. The van der Waals surface area contributed by atoms with Crippen molar-refractivity contribution in [2.45, 2.75) is 46.4 Å². The number of rotatable bonds is 6. The largest absolute Gasteiger partial charge is 0.375 e. The number of hydrogen-bond acceptors (Lipinski definition) is 4. The zero-order chi connectivity index (χ0) is 23.5. The van der Waals surface area contributed by atoms with E-state index in [1.54, 1.807) is 25.3 Å². The Morgan fingerprint density at radius 1 is 1.25 bits per heavy atom. The van der Waals surface area contributed by atoms with Crippen LogP contribution in [-0.4, -0.2) is 47.2 Å². The molecule has 2 heterocycles. The molecule has 0 saturated carbocycles. The maximum atomic E-state index is 13.8. The molecule has 32 heavy (non-hydrogen) atoms. The second kappa shape index (κ2) is 9.72. The highest BCUT2D eigenvalue weighted by molar-refractivity contribution is 5.97. The number of nitrogens with one attached hydrogen (secondary N) is 2. The van der Waals surface area contributed by atoms with E-state index in [0.717, 1.165) is 12.1 Å². The smallest absolute Gasteiger partial charge is 0.272 e. The number of aromatic nitrogens is 2. The van der Waals surface area contributed by atoms with E-state index in [2.05, 4.69) is 15.6 Å². The van der Waals surface area contributed by atoms with Crippen LogP contribution in [0.5, 0.6) is 0 Å². The summed E-state index contributed by atoms with van der Waals surface area (Å²) in [5.74, 6) is -2.81. The lowest BCUT2D eigenvalue weighted by Crippen LogP contribution is -2.54. The van der Waals surface area contributed by atoms with Crippen LogP contribution in [0.15, 0.2) is 18.2 Å². The van der Waals surface area contributed by atoms with Gasteiger partial charge in [-0.3, -0.25) is 9.59 Å². The van der Waals surface area contributed by atoms with Gasteiger partial charge in [0.25, 0.3) is 5.91 Å². The normalized spacial score (nSPS) is 14.9. The highest BCUT2D eigenvalue weighted by Crippen LogP contribution is 2.27. The third-order valence-corrected chi connectivity index (χ3v) is 5.17. The SMILES string of the molecule is CC(C)(C)[C@H](NC(=O)c1nc(-c2ccc(F)c(F)c2)n2c1COCCC2)C(=O)NCCF. The van der Waals surface area contributed by atoms with E-state index in [-0.39, 0.29) is 18.8 Å². The highest BCUT2D eigenvalue weighted by atomic mass is 19.2. The van der Waals surface area contributed by atoms with Crippen molar-refractivity contribution in [1.29, 1.82) is 0 Å². The summed E-state index contributed by atoms with van der Waals surface area (Å²) in [5.41, 5.74) is 0.182. The van der Waals surface area contributed by atoms with Crippen LogP contribution in [0.4, 0.5) is 13.2 Å². The number of carbonyl (C=O) groups is 2. The molecule has 1 atom stereocenters. The predicted molar refractivity (Wildman–Crippen MR) is 112 cm³/mol. The van der Waals surface area contributed by atoms with E-state index < -0.39 is 41.6 Å². The Bertz CT molecular complexity index is 1000. The van der Waals surface area contributed by atoms with Crippen LogP contribution in [0.1, 0.15) is 43.4 Å². The van der Waals surface area contributed by atoms with E-state index >= 15 is 0 Å². The van der Waals surface area contributed by atoms with Crippen LogP contribution < -0.4 is 10.6 Å². The second-order valence-corrected chi connectivity index (χ2v) is 8.67. The summed E-state index contributed by atoms with van der Waals surface area (Å²) in [6.45, 7) is 5.49. The number of alkyl halides is 1. The van der Waals surface area contributed by atoms with Gasteiger partial charge in [0.15, 0.2) is 17.3 Å². The fourth-order valence-corrected chi connectivity index (χ4v) is 3.55. The van der Waals surface area contributed by atoms with E-state index in [1.807, 2.05) is 0 Å². The molecule has 0 unspecified atom stereocenters. The Kier molecular flexibility index (Phi) is 7.22.